The standard InChI is InChI=1S/C22H22N2O2/c25-21(16-6-2-1-3-7-16)17-11-14-24(15-12-17)22(26)19-10-13-23-20-9-5-4-8-18(19)20/h1-10,13,17,21,25H,11-12,14-15H2. The van der Waals surface area contributed by atoms with E-state index >= 15 is 0 Å². The van der Waals surface area contributed by atoms with Crippen molar-refractivity contribution in [2.75, 3.05) is 13.1 Å². The number of pyridine rings is 1. The monoisotopic (exact) mass is 346 g/mol. The summed E-state index contributed by atoms with van der Waals surface area (Å²) in [6.45, 7) is 1.34. The SMILES string of the molecule is O=C(c1ccnc2ccccc12)N1CCC(C(O)c2ccccc2)CC1. The number of aliphatic hydroxyl groups is 1. The van der Waals surface area contributed by atoms with Crippen LogP contribution in [0.5, 0.6) is 0 Å². The lowest BCUT2D eigenvalue weighted by Crippen LogP contribution is -2.39. The van der Waals surface area contributed by atoms with Gasteiger partial charge in [0.2, 0.25) is 0 Å². The van der Waals surface area contributed by atoms with Gasteiger partial charge in [-0.15, -0.1) is 0 Å². The van der Waals surface area contributed by atoms with Crippen molar-refractivity contribution < 1.29 is 9.90 Å². The number of nitrogens with zero attached hydrogens (tertiary/aromatic N) is 2. The lowest BCUT2D eigenvalue weighted by molar-refractivity contribution is 0.0463. The van der Waals surface area contributed by atoms with Crippen molar-refractivity contribution >= 4 is 16.8 Å². The van der Waals surface area contributed by atoms with Crippen molar-refractivity contribution in [3.8, 4) is 0 Å². The second-order valence-electron chi connectivity index (χ2n) is 6.86. The molecule has 4 heteroatoms. The van der Waals surface area contributed by atoms with Crippen LogP contribution in [0.4, 0.5) is 0 Å². The molecule has 2 heterocycles. The predicted molar refractivity (Wildman–Crippen MR) is 102 cm³/mol. The molecule has 1 N–H and O–H groups in total. The summed E-state index contributed by atoms with van der Waals surface area (Å²) in [6.07, 6.45) is 2.85. The smallest absolute Gasteiger partial charge is 0.254 e. The van der Waals surface area contributed by atoms with Gasteiger partial charge in [-0.05, 0) is 36.5 Å². The molecule has 3 aromatic rings. The maximum absolute atomic E-state index is 13.0. The molecule has 1 aliphatic heterocycles. The van der Waals surface area contributed by atoms with E-state index in [1.54, 1.807) is 12.3 Å². The summed E-state index contributed by atoms with van der Waals surface area (Å²) < 4.78 is 0. The Kier molecular flexibility index (Phi) is 4.67. The summed E-state index contributed by atoms with van der Waals surface area (Å²) in [6, 6.07) is 19.3. The van der Waals surface area contributed by atoms with Gasteiger partial charge in [-0.1, -0.05) is 48.5 Å². The van der Waals surface area contributed by atoms with Crippen LogP contribution in [0.15, 0.2) is 66.9 Å². The predicted octanol–water partition coefficient (Wildman–Crippen LogP) is 3.82. The minimum Gasteiger partial charge on any atom is -0.388 e. The lowest BCUT2D eigenvalue weighted by atomic mass is 9.87. The van der Waals surface area contributed by atoms with E-state index in [0.717, 1.165) is 29.3 Å². The van der Waals surface area contributed by atoms with Crippen molar-refractivity contribution in [1.82, 2.24) is 9.88 Å². The summed E-state index contributed by atoms with van der Waals surface area (Å²) in [4.78, 5) is 19.2. The lowest BCUT2D eigenvalue weighted by Gasteiger charge is -2.34. The first-order valence-electron chi connectivity index (χ1n) is 9.10. The zero-order valence-electron chi connectivity index (χ0n) is 14.6. The number of aliphatic hydroxyl groups excluding tert-OH is 1. The fourth-order valence-corrected chi connectivity index (χ4v) is 3.79. The molecule has 4 rings (SSSR count). The van der Waals surface area contributed by atoms with Gasteiger partial charge in [0.25, 0.3) is 5.91 Å². The Hall–Kier alpha value is -2.72. The zero-order valence-corrected chi connectivity index (χ0v) is 14.6. The summed E-state index contributed by atoms with van der Waals surface area (Å²) in [5.74, 6) is 0.242. The molecule has 132 valence electrons. The van der Waals surface area contributed by atoms with Crippen LogP contribution in [-0.4, -0.2) is 34.0 Å². The number of rotatable bonds is 3. The summed E-state index contributed by atoms with van der Waals surface area (Å²) in [5, 5.41) is 11.5. The molecule has 0 saturated carbocycles. The molecule has 1 fully saturated rings. The Balaban J connectivity index is 1.47. The summed E-state index contributed by atoms with van der Waals surface area (Å²) in [7, 11) is 0. The third-order valence-electron chi connectivity index (χ3n) is 5.29. The van der Waals surface area contributed by atoms with Crippen LogP contribution in [-0.2, 0) is 0 Å². The molecular weight excluding hydrogens is 324 g/mol. The number of carbonyl (C=O) groups excluding carboxylic acids is 1. The normalized spacial score (nSPS) is 16.6. The van der Waals surface area contributed by atoms with Gasteiger partial charge >= 0.3 is 0 Å². The van der Waals surface area contributed by atoms with E-state index < -0.39 is 6.10 Å². The van der Waals surface area contributed by atoms with Gasteiger partial charge in [-0.3, -0.25) is 9.78 Å². The van der Waals surface area contributed by atoms with E-state index in [1.807, 2.05) is 59.5 Å². The van der Waals surface area contributed by atoms with Crippen LogP contribution in [0.3, 0.4) is 0 Å². The molecule has 26 heavy (non-hydrogen) atoms. The third-order valence-corrected chi connectivity index (χ3v) is 5.29. The molecule has 0 aliphatic carbocycles. The van der Waals surface area contributed by atoms with Crippen LogP contribution in [0.2, 0.25) is 0 Å². The molecule has 1 atom stereocenters. The van der Waals surface area contributed by atoms with Gasteiger partial charge in [0.15, 0.2) is 0 Å². The van der Waals surface area contributed by atoms with E-state index in [0.29, 0.717) is 18.7 Å². The van der Waals surface area contributed by atoms with Gasteiger partial charge in [0.1, 0.15) is 0 Å². The fraction of sp³-hybridized carbons (Fsp3) is 0.273. The number of fused-ring (bicyclic) bond motifs is 1. The second kappa shape index (κ2) is 7.26. The number of likely N-dealkylation sites (tertiary alicyclic amines) is 1. The third kappa shape index (κ3) is 3.20. The molecule has 4 nitrogen and oxygen atoms in total. The van der Waals surface area contributed by atoms with Crippen LogP contribution < -0.4 is 0 Å². The van der Waals surface area contributed by atoms with Crippen molar-refractivity contribution in [2.45, 2.75) is 18.9 Å². The number of benzene rings is 2. The van der Waals surface area contributed by atoms with Crippen LogP contribution >= 0.6 is 0 Å². The van der Waals surface area contributed by atoms with E-state index in [9.17, 15) is 9.90 Å². The molecule has 0 spiro atoms. The largest absolute Gasteiger partial charge is 0.388 e. The maximum atomic E-state index is 13.0. The quantitative estimate of drug-likeness (QED) is 0.784. The second-order valence-corrected chi connectivity index (χ2v) is 6.86. The van der Waals surface area contributed by atoms with Gasteiger partial charge in [0, 0.05) is 24.7 Å². The van der Waals surface area contributed by atoms with Crippen molar-refractivity contribution in [3.05, 3.63) is 78.0 Å². The Labute approximate surface area is 153 Å². The molecule has 1 saturated heterocycles. The summed E-state index contributed by atoms with van der Waals surface area (Å²) >= 11 is 0. The van der Waals surface area contributed by atoms with Crippen molar-refractivity contribution in [1.29, 1.82) is 0 Å². The molecule has 1 aliphatic rings. The first-order valence-corrected chi connectivity index (χ1v) is 9.10. The fourth-order valence-electron chi connectivity index (χ4n) is 3.79. The molecule has 2 aromatic carbocycles. The first-order chi connectivity index (χ1) is 12.7. The van der Waals surface area contributed by atoms with Gasteiger partial charge in [-0.2, -0.15) is 0 Å². The average molecular weight is 346 g/mol. The highest BCUT2D eigenvalue weighted by atomic mass is 16.3. The number of amides is 1. The van der Waals surface area contributed by atoms with E-state index in [4.69, 9.17) is 0 Å². The topological polar surface area (TPSA) is 53.4 Å². The Bertz CT molecular complexity index is 897. The number of carbonyl (C=O) groups is 1. The maximum Gasteiger partial charge on any atom is 0.254 e. The zero-order chi connectivity index (χ0) is 17.9. The summed E-state index contributed by atoms with van der Waals surface area (Å²) in [5.41, 5.74) is 2.50. The molecule has 1 amide bonds. The van der Waals surface area contributed by atoms with Crippen molar-refractivity contribution in [3.63, 3.8) is 0 Å². The highest BCUT2D eigenvalue weighted by Crippen LogP contribution is 2.31. The minimum atomic E-state index is -0.463. The van der Waals surface area contributed by atoms with Crippen LogP contribution in [0.1, 0.15) is 34.9 Å². The van der Waals surface area contributed by atoms with E-state index in [2.05, 4.69) is 4.98 Å². The van der Waals surface area contributed by atoms with Gasteiger partial charge < -0.3 is 10.0 Å². The molecule has 0 bridgehead atoms. The number of para-hydroxylation sites is 1. The van der Waals surface area contributed by atoms with Crippen LogP contribution in [0.25, 0.3) is 10.9 Å². The highest BCUT2D eigenvalue weighted by Gasteiger charge is 2.29. The van der Waals surface area contributed by atoms with Crippen LogP contribution in [0, 0.1) is 5.92 Å². The Morgan fingerprint density at radius 2 is 1.69 bits per heavy atom. The van der Waals surface area contributed by atoms with Crippen molar-refractivity contribution in [2.24, 2.45) is 5.92 Å². The van der Waals surface area contributed by atoms with Gasteiger partial charge in [-0.25, -0.2) is 0 Å². The average Bonchev–Trinajstić information content (AvgIpc) is 2.73. The van der Waals surface area contributed by atoms with Gasteiger partial charge in [0.05, 0.1) is 17.2 Å². The minimum absolute atomic E-state index is 0.0521. The van der Waals surface area contributed by atoms with E-state index in [-0.39, 0.29) is 11.8 Å². The van der Waals surface area contributed by atoms with E-state index in [1.165, 1.54) is 0 Å². The molecule has 1 unspecified atom stereocenters. The number of hydrogen-bond donors (Lipinski definition) is 1. The molecular formula is C22H22N2O2. The first kappa shape index (κ1) is 16.7. The highest BCUT2D eigenvalue weighted by molar-refractivity contribution is 6.05. The number of piperidine rings is 1. The molecule has 1 aromatic heterocycles. The Morgan fingerprint density at radius 3 is 2.46 bits per heavy atom. The molecule has 0 radical (unpaired) electrons. The number of aromatic nitrogens is 1. The number of hydrogen-bond acceptors (Lipinski definition) is 3. The Morgan fingerprint density at radius 1 is 1.00 bits per heavy atom.